The van der Waals surface area contributed by atoms with Crippen LogP contribution < -0.4 is 10.6 Å². The van der Waals surface area contributed by atoms with Crippen molar-refractivity contribution in [2.45, 2.75) is 33.4 Å². The number of aliphatic imine (C=N–C) groups is 1. The number of nitrogens with one attached hydrogen (secondary N) is 2. The number of thiazole rings is 1. The zero-order chi connectivity index (χ0) is 20.8. The molecule has 0 saturated carbocycles. The van der Waals surface area contributed by atoms with E-state index >= 15 is 0 Å². The number of hydrogen-bond donors (Lipinski definition) is 2. The standard InChI is InChI=1S/C19H23N5O3S2/c1-5-26-18(25)15-11(2)22-17(29-15)12(3)23-19(20-4)21-9-13-10-27-16(24-13)14-7-6-8-28-14/h6-8,10,12H,5,9H2,1-4H3,(H2,20,21,23). The second kappa shape index (κ2) is 9.66. The van der Waals surface area contributed by atoms with Gasteiger partial charge in [-0.15, -0.1) is 22.7 Å². The van der Waals surface area contributed by atoms with Gasteiger partial charge >= 0.3 is 5.97 Å². The smallest absolute Gasteiger partial charge is 0.350 e. The topological polar surface area (TPSA) is 102 Å². The van der Waals surface area contributed by atoms with Crippen LogP contribution in [0.3, 0.4) is 0 Å². The van der Waals surface area contributed by atoms with Gasteiger partial charge in [-0.25, -0.2) is 14.8 Å². The molecule has 3 rings (SSSR count). The molecule has 3 aromatic rings. The number of ether oxygens (including phenoxy) is 1. The fourth-order valence-corrected chi connectivity index (χ4v) is 4.14. The number of aromatic nitrogens is 2. The highest BCUT2D eigenvalue weighted by molar-refractivity contribution is 7.14. The lowest BCUT2D eigenvalue weighted by atomic mass is 10.3. The largest absolute Gasteiger partial charge is 0.462 e. The van der Waals surface area contributed by atoms with Crippen LogP contribution in [0.5, 0.6) is 0 Å². The van der Waals surface area contributed by atoms with Crippen molar-refractivity contribution in [2.75, 3.05) is 13.7 Å². The lowest BCUT2D eigenvalue weighted by Gasteiger charge is -2.15. The lowest BCUT2D eigenvalue weighted by Crippen LogP contribution is -2.38. The number of carbonyl (C=O) groups excluding carboxylic acids is 1. The van der Waals surface area contributed by atoms with E-state index in [1.807, 2.05) is 31.4 Å². The van der Waals surface area contributed by atoms with Crippen LogP contribution in [0, 0.1) is 6.92 Å². The predicted molar refractivity (Wildman–Crippen MR) is 114 cm³/mol. The molecular weight excluding hydrogens is 410 g/mol. The maximum atomic E-state index is 12.0. The quantitative estimate of drug-likeness (QED) is 0.332. The number of thiophene rings is 1. The lowest BCUT2D eigenvalue weighted by molar-refractivity contribution is 0.0531. The van der Waals surface area contributed by atoms with Gasteiger partial charge in [-0.1, -0.05) is 6.07 Å². The van der Waals surface area contributed by atoms with Gasteiger partial charge in [-0.3, -0.25) is 4.99 Å². The molecule has 2 N–H and O–H groups in total. The first-order chi connectivity index (χ1) is 14.0. The predicted octanol–water partition coefficient (Wildman–Crippen LogP) is 3.77. The Hall–Kier alpha value is -2.72. The van der Waals surface area contributed by atoms with Gasteiger partial charge in [-0.2, -0.15) is 0 Å². The number of oxazole rings is 1. The van der Waals surface area contributed by atoms with Crippen LogP contribution in [-0.2, 0) is 11.3 Å². The summed E-state index contributed by atoms with van der Waals surface area (Å²) in [6.45, 7) is 6.36. The Morgan fingerprint density at radius 2 is 2.24 bits per heavy atom. The van der Waals surface area contributed by atoms with E-state index in [4.69, 9.17) is 9.15 Å². The number of aryl methyl sites for hydroxylation is 1. The van der Waals surface area contributed by atoms with Gasteiger partial charge in [0.2, 0.25) is 5.89 Å². The summed E-state index contributed by atoms with van der Waals surface area (Å²) in [5, 5.41) is 9.26. The SMILES string of the molecule is CCOC(=O)c1sc(C(C)NC(=NC)NCc2coc(-c3cccs3)n2)nc1C. The summed E-state index contributed by atoms with van der Waals surface area (Å²) >= 11 is 2.91. The second-order valence-corrected chi connectivity index (χ2v) is 8.08. The summed E-state index contributed by atoms with van der Waals surface area (Å²) in [6.07, 6.45) is 1.63. The van der Waals surface area contributed by atoms with Gasteiger partial charge in [0.15, 0.2) is 5.96 Å². The van der Waals surface area contributed by atoms with Gasteiger partial charge in [0, 0.05) is 7.05 Å². The number of rotatable bonds is 7. The number of nitrogens with zero attached hydrogens (tertiary/aromatic N) is 3. The van der Waals surface area contributed by atoms with Gasteiger partial charge in [-0.05, 0) is 32.2 Å². The third-order valence-corrected chi connectivity index (χ3v) is 6.12. The van der Waals surface area contributed by atoms with Crippen molar-refractivity contribution in [2.24, 2.45) is 4.99 Å². The highest BCUT2D eigenvalue weighted by Gasteiger charge is 2.20. The molecule has 0 aliphatic heterocycles. The molecule has 0 radical (unpaired) electrons. The van der Waals surface area contributed by atoms with E-state index in [0.717, 1.165) is 15.6 Å². The van der Waals surface area contributed by atoms with Gasteiger partial charge in [0.1, 0.15) is 16.1 Å². The van der Waals surface area contributed by atoms with E-state index in [2.05, 4.69) is 25.6 Å². The van der Waals surface area contributed by atoms with Crippen LogP contribution >= 0.6 is 22.7 Å². The minimum Gasteiger partial charge on any atom is -0.462 e. The summed E-state index contributed by atoms with van der Waals surface area (Å²) < 4.78 is 10.6. The van der Waals surface area contributed by atoms with Gasteiger partial charge in [0.05, 0.1) is 35.5 Å². The fraction of sp³-hybridized carbons (Fsp3) is 0.368. The summed E-state index contributed by atoms with van der Waals surface area (Å²) in [7, 11) is 1.69. The van der Waals surface area contributed by atoms with Crippen molar-refractivity contribution in [3.63, 3.8) is 0 Å². The van der Waals surface area contributed by atoms with E-state index < -0.39 is 0 Å². The Bertz CT molecular complexity index is 978. The molecule has 0 aromatic carbocycles. The molecule has 3 aromatic heterocycles. The third kappa shape index (κ3) is 5.21. The first-order valence-electron chi connectivity index (χ1n) is 9.11. The maximum absolute atomic E-state index is 12.0. The monoisotopic (exact) mass is 433 g/mol. The number of esters is 1. The average molecular weight is 434 g/mol. The molecule has 29 heavy (non-hydrogen) atoms. The normalized spacial score (nSPS) is 12.6. The van der Waals surface area contributed by atoms with Gasteiger partial charge < -0.3 is 19.8 Å². The molecule has 154 valence electrons. The molecule has 8 nitrogen and oxygen atoms in total. The Labute approximate surface area is 177 Å². The Morgan fingerprint density at radius 3 is 2.93 bits per heavy atom. The Balaban J connectivity index is 1.59. The van der Waals surface area contributed by atoms with E-state index in [9.17, 15) is 4.79 Å². The minimum atomic E-state index is -0.337. The molecule has 1 unspecified atom stereocenters. The fourth-order valence-electron chi connectivity index (χ4n) is 2.53. The summed E-state index contributed by atoms with van der Waals surface area (Å²) in [5.41, 5.74) is 1.45. The molecule has 0 fully saturated rings. The Morgan fingerprint density at radius 1 is 1.41 bits per heavy atom. The second-order valence-electron chi connectivity index (χ2n) is 6.10. The highest BCUT2D eigenvalue weighted by atomic mass is 32.1. The Kier molecular flexibility index (Phi) is 6.99. The molecule has 3 heterocycles. The molecule has 0 aliphatic rings. The molecule has 0 saturated heterocycles. The summed E-state index contributed by atoms with van der Waals surface area (Å²) in [4.78, 5) is 26.7. The van der Waals surface area contributed by atoms with Crippen molar-refractivity contribution in [3.8, 4) is 10.8 Å². The van der Waals surface area contributed by atoms with Crippen molar-refractivity contribution in [1.29, 1.82) is 0 Å². The number of guanidine groups is 1. The first-order valence-corrected chi connectivity index (χ1v) is 10.8. The zero-order valence-corrected chi connectivity index (χ0v) is 18.3. The maximum Gasteiger partial charge on any atom is 0.350 e. The third-order valence-electron chi connectivity index (χ3n) is 3.94. The molecular formula is C19H23N5O3S2. The van der Waals surface area contributed by atoms with E-state index in [0.29, 0.717) is 35.6 Å². The van der Waals surface area contributed by atoms with Crippen LogP contribution in [0.2, 0.25) is 0 Å². The van der Waals surface area contributed by atoms with E-state index in [1.165, 1.54) is 11.3 Å². The summed E-state index contributed by atoms with van der Waals surface area (Å²) in [5.74, 6) is 0.873. The molecule has 0 amide bonds. The first kappa shape index (κ1) is 21.0. The summed E-state index contributed by atoms with van der Waals surface area (Å²) in [6, 6.07) is 3.80. The van der Waals surface area contributed by atoms with E-state index in [-0.39, 0.29) is 12.0 Å². The van der Waals surface area contributed by atoms with Crippen LogP contribution in [0.25, 0.3) is 10.8 Å². The van der Waals surface area contributed by atoms with Crippen LogP contribution in [0.1, 0.15) is 46.0 Å². The molecule has 0 spiro atoms. The minimum absolute atomic E-state index is 0.132. The van der Waals surface area contributed by atoms with E-state index in [1.54, 1.807) is 31.6 Å². The van der Waals surface area contributed by atoms with Crippen LogP contribution in [0.15, 0.2) is 33.2 Å². The van der Waals surface area contributed by atoms with Crippen LogP contribution in [0.4, 0.5) is 0 Å². The van der Waals surface area contributed by atoms with Crippen molar-refractivity contribution >= 4 is 34.6 Å². The number of hydrogen-bond acceptors (Lipinski definition) is 8. The van der Waals surface area contributed by atoms with Crippen molar-refractivity contribution < 1.29 is 13.9 Å². The van der Waals surface area contributed by atoms with Crippen molar-refractivity contribution in [3.05, 3.63) is 45.0 Å². The molecule has 0 aliphatic carbocycles. The molecule has 0 bridgehead atoms. The van der Waals surface area contributed by atoms with Crippen molar-refractivity contribution in [1.82, 2.24) is 20.6 Å². The molecule has 1 atom stereocenters. The highest BCUT2D eigenvalue weighted by Crippen LogP contribution is 2.25. The van der Waals surface area contributed by atoms with Crippen LogP contribution in [-0.4, -0.2) is 35.6 Å². The number of carbonyl (C=O) groups is 1. The zero-order valence-electron chi connectivity index (χ0n) is 16.7. The molecule has 10 heteroatoms. The average Bonchev–Trinajstić information content (AvgIpc) is 3.45. The van der Waals surface area contributed by atoms with Gasteiger partial charge in [0.25, 0.3) is 0 Å².